The van der Waals surface area contributed by atoms with Gasteiger partial charge in [-0.25, -0.2) is 4.79 Å². The standard InChI is InChI=1S/C17H26N2O3S/c1-17(2,3)22-16(21)18-13-6-4-10-19(12-13)15(20)9-8-14-7-5-11-23-14/h5,7,11,13H,4,6,8-10,12H2,1-3H3,(H,18,21)/t13-/m1/s1. The van der Waals surface area contributed by atoms with E-state index in [0.717, 1.165) is 25.8 Å². The molecule has 1 saturated heterocycles. The lowest BCUT2D eigenvalue weighted by molar-refractivity contribution is -0.132. The van der Waals surface area contributed by atoms with E-state index in [1.165, 1.54) is 4.88 Å². The highest BCUT2D eigenvalue weighted by Gasteiger charge is 2.26. The maximum atomic E-state index is 12.3. The van der Waals surface area contributed by atoms with Gasteiger partial charge in [0.05, 0.1) is 0 Å². The molecular weight excluding hydrogens is 312 g/mol. The molecule has 1 aliphatic rings. The molecule has 1 fully saturated rings. The SMILES string of the molecule is CC(C)(C)OC(=O)N[C@@H]1CCCN(C(=O)CCc2cccs2)C1. The van der Waals surface area contributed by atoms with Crippen LogP contribution in [0.15, 0.2) is 17.5 Å². The number of carbonyl (C=O) groups is 2. The molecule has 0 aliphatic carbocycles. The summed E-state index contributed by atoms with van der Waals surface area (Å²) in [7, 11) is 0. The highest BCUT2D eigenvalue weighted by atomic mass is 32.1. The van der Waals surface area contributed by atoms with Gasteiger partial charge in [0.15, 0.2) is 0 Å². The molecule has 1 aromatic rings. The Morgan fingerprint density at radius 2 is 2.22 bits per heavy atom. The summed E-state index contributed by atoms with van der Waals surface area (Å²) in [5.74, 6) is 0.161. The van der Waals surface area contributed by atoms with Crippen molar-refractivity contribution in [2.24, 2.45) is 0 Å². The Bertz CT molecular complexity index is 522. The second kappa shape index (κ2) is 7.81. The number of ether oxygens (including phenoxy) is 1. The van der Waals surface area contributed by atoms with Gasteiger partial charge in [0.1, 0.15) is 5.60 Å². The van der Waals surface area contributed by atoms with E-state index in [0.29, 0.717) is 13.0 Å². The summed E-state index contributed by atoms with van der Waals surface area (Å²) in [5, 5.41) is 4.91. The van der Waals surface area contributed by atoms with Crippen LogP contribution in [0.4, 0.5) is 4.79 Å². The quantitative estimate of drug-likeness (QED) is 0.917. The minimum atomic E-state index is -0.505. The van der Waals surface area contributed by atoms with E-state index in [1.54, 1.807) is 11.3 Å². The molecule has 128 valence electrons. The van der Waals surface area contributed by atoms with Gasteiger partial charge in [-0.05, 0) is 51.5 Å². The average Bonchev–Trinajstić information content (AvgIpc) is 2.96. The average molecular weight is 338 g/mol. The molecule has 1 aliphatic heterocycles. The summed E-state index contributed by atoms with van der Waals surface area (Å²) in [6.07, 6.45) is 2.70. The lowest BCUT2D eigenvalue weighted by Gasteiger charge is -2.33. The van der Waals surface area contributed by atoms with Crippen LogP contribution in [0.3, 0.4) is 0 Å². The van der Waals surface area contributed by atoms with Crippen molar-refractivity contribution in [1.29, 1.82) is 0 Å². The maximum Gasteiger partial charge on any atom is 0.407 e. The molecule has 6 heteroatoms. The fourth-order valence-corrected chi connectivity index (χ4v) is 3.35. The summed E-state index contributed by atoms with van der Waals surface area (Å²) in [6, 6.07) is 4.04. The summed E-state index contributed by atoms with van der Waals surface area (Å²) in [4.78, 5) is 27.3. The number of nitrogens with zero attached hydrogens (tertiary/aromatic N) is 1. The van der Waals surface area contributed by atoms with E-state index in [4.69, 9.17) is 4.74 Å². The fraction of sp³-hybridized carbons (Fsp3) is 0.647. The number of rotatable bonds is 4. The van der Waals surface area contributed by atoms with Gasteiger partial charge in [-0.2, -0.15) is 0 Å². The van der Waals surface area contributed by atoms with Gasteiger partial charge < -0.3 is 15.0 Å². The van der Waals surface area contributed by atoms with E-state index in [1.807, 2.05) is 37.1 Å². The molecule has 2 amide bonds. The Kier molecular flexibility index (Phi) is 6.04. The Hall–Kier alpha value is -1.56. The molecule has 1 atom stereocenters. The van der Waals surface area contributed by atoms with Crippen molar-refractivity contribution < 1.29 is 14.3 Å². The second-order valence-electron chi connectivity index (χ2n) is 6.90. The smallest absolute Gasteiger partial charge is 0.407 e. The second-order valence-corrected chi connectivity index (χ2v) is 7.94. The third-order valence-corrected chi connectivity index (χ3v) is 4.60. The zero-order valence-corrected chi connectivity index (χ0v) is 14.9. The number of hydrogen-bond acceptors (Lipinski definition) is 4. The first-order valence-electron chi connectivity index (χ1n) is 8.13. The van der Waals surface area contributed by atoms with Gasteiger partial charge in [0, 0.05) is 30.4 Å². The number of carbonyl (C=O) groups excluding carboxylic acids is 2. The topological polar surface area (TPSA) is 58.6 Å². The van der Waals surface area contributed by atoms with Gasteiger partial charge in [-0.15, -0.1) is 11.3 Å². The zero-order chi connectivity index (χ0) is 16.9. The van der Waals surface area contributed by atoms with E-state index in [2.05, 4.69) is 11.4 Å². The monoisotopic (exact) mass is 338 g/mol. The van der Waals surface area contributed by atoms with Crippen LogP contribution in [-0.2, 0) is 16.0 Å². The molecule has 1 aromatic heterocycles. The van der Waals surface area contributed by atoms with Crippen molar-refractivity contribution >= 4 is 23.3 Å². The molecule has 0 unspecified atom stereocenters. The summed E-state index contributed by atoms with van der Waals surface area (Å²) in [5.41, 5.74) is -0.505. The predicted molar refractivity (Wildman–Crippen MR) is 91.6 cm³/mol. The van der Waals surface area contributed by atoms with Crippen molar-refractivity contribution in [2.75, 3.05) is 13.1 Å². The Morgan fingerprint density at radius 1 is 1.43 bits per heavy atom. The van der Waals surface area contributed by atoms with Crippen LogP contribution >= 0.6 is 11.3 Å². The Morgan fingerprint density at radius 3 is 2.87 bits per heavy atom. The number of amides is 2. The third kappa shape index (κ3) is 6.22. The van der Waals surface area contributed by atoms with E-state index >= 15 is 0 Å². The van der Waals surface area contributed by atoms with Crippen LogP contribution in [0.25, 0.3) is 0 Å². The van der Waals surface area contributed by atoms with Crippen LogP contribution < -0.4 is 5.32 Å². The van der Waals surface area contributed by atoms with Gasteiger partial charge in [-0.1, -0.05) is 6.07 Å². The van der Waals surface area contributed by atoms with Crippen molar-refractivity contribution in [3.8, 4) is 0 Å². The minimum Gasteiger partial charge on any atom is -0.444 e. The molecule has 2 rings (SSSR count). The number of nitrogens with one attached hydrogen (secondary N) is 1. The summed E-state index contributed by atoms with van der Waals surface area (Å²) in [6.45, 7) is 6.87. The van der Waals surface area contributed by atoms with Gasteiger partial charge >= 0.3 is 6.09 Å². The number of aryl methyl sites for hydroxylation is 1. The molecule has 0 bridgehead atoms. The highest BCUT2D eigenvalue weighted by Crippen LogP contribution is 2.16. The lowest BCUT2D eigenvalue weighted by atomic mass is 10.1. The van der Waals surface area contributed by atoms with Crippen molar-refractivity contribution in [2.45, 2.75) is 58.1 Å². The molecular formula is C17H26N2O3S. The predicted octanol–water partition coefficient (Wildman–Crippen LogP) is 3.20. The Labute approximate surface area is 142 Å². The van der Waals surface area contributed by atoms with Crippen LogP contribution in [0.2, 0.25) is 0 Å². The fourth-order valence-electron chi connectivity index (χ4n) is 2.64. The zero-order valence-electron chi connectivity index (χ0n) is 14.1. The minimum absolute atomic E-state index is 0.0238. The molecule has 0 aromatic carbocycles. The first kappa shape index (κ1) is 17.8. The van der Waals surface area contributed by atoms with E-state index in [9.17, 15) is 9.59 Å². The summed E-state index contributed by atoms with van der Waals surface area (Å²) < 4.78 is 5.28. The molecule has 2 heterocycles. The van der Waals surface area contributed by atoms with Crippen LogP contribution in [0, 0.1) is 0 Å². The number of hydrogen-bond donors (Lipinski definition) is 1. The molecule has 5 nitrogen and oxygen atoms in total. The van der Waals surface area contributed by atoms with Crippen molar-refractivity contribution in [3.63, 3.8) is 0 Å². The molecule has 0 saturated carbocycles. The maximum absolute atomic E-state index is 12.3. The van der Waals surface area contributed by atoms with Gasteiger partial charge in [0.2, 0.25) is 5.91 Å². The molecule has 0 spiro atoms. The summed E-state index contributed by atoms with van der Waals surface area (Å²) >= 11 is 1.68. The molecule has 1 N–H and O–H groups in total. The lowest BCUT2D eigenvalue weighted by Crippen LogP contribution is -2.50. The van der Waals surface area contributed by atoms with Gasteiger partial charge in [0.25, 0.3) is 0 Å². The first-order valence-corrected chi connectivity index (χ1v) is 9.01. The normalized spacial score (nSPS) is 18.6. The third-order valence-electron chi connectivity index (χ3n) is 3.66. The van der Waals surface area contributed by atoms with Crippen LogP contribution in [0.5, 0.6) is 0 Å². The van der Waals surface area contributed by atoms with Crippen molar-refractivity contribution in [1.82, 2.24) is 10.2 Å². The highest BCUT2D eigenvalue weighted by molar-refractivity contribution is 7.09. The van der Waals surface area contributed by atoms with Crippen molar-refractivity contribution in [3.05, 3.63) is 22.4 Å². The number of alkyl carbamates (subject to hydrolysis) is 1. The first-order chi connectivity index (χ1) is 10.8. The van der Waals surface area contributed by atoms with Crippen LogP contribution in [-0.4, -0.2) is 41.6 Å². The Balaban J connectivity index is 1.78. The largest absolute Gasteiger partial charge is 0.444 e. The van der Waals surface area contributed by atoms with Gasteiger partial charge in [-0.3, -0.25) is 4.79 Å². The number of likely N-dealkylation sites (tertiary alicyclic amines) is 1. The number of piperidine rings is 1. The molecule has 0 radical (unpaired) electrons. The van der Waals surface area contributed by atoms with Crippen LogP contribution in [0.1, 0.15) is 44.9 Å². The van der Waals surface area contributed by atoms with E-state index < -0.39 is 11.7 Å². The van der Waals surface area contributed by atoms with E-state index in [-0.39, 0.29) is 11.9 Å². The number of thiophene rings is 1. The molecule has 23 heavy (non-hydrogen) atoms.